The van der Waals surface area contributed by atoms with Crippen LogP contribution in [0.3, 0.4) is 0 Å². The molecule has 4 rings (SSSR count). The number of aromatic nitrogens is 1. The van der Waals surface area contributed by atoms with Gasteiger partial charge in [0.1, 0.15) is 0 Å². The summed E-state index contributed by atoms with van der Waals surface area (Å²) in [6, 6.07) is 8.60. The van der Waals surface area contributed by atoms with E-state index >= 15 is 0 Å². The topological polar surface area (TPSA) is 31.1 Å². The van der Waals surface area contributed by atoms with Crippen LogP contribution in [0.4, 0.5) is 0 Å². The summed E-state index contributed by atoms with van der Waals surface area (Å²) in [5.74, 6) is 0. The number of nitrogens with one attached hydrogen (secondary N) is 2. The van der Waals surface area contributed by atoms with Crippen LogP contribution in [0.5, 0.6) is 0 Å². The van der Waals surface area contributed by atoms with Crippen molar-refractivity contribution in [3.05, 3.63) is 36.0 Å². The fraction of sp³-hybridized carbons (Fsp3) is 0.500. The molecule has 2 aliphatic rings. The molecule has 2 N–H and O–H groups in total. The second-order valence-corrected chi connectivity index (χ2v) is 6.25. The highest BCUT2D eigenvalue weighted by molar-refractivity contribution is 5.83. The van der Waals surface area contributed by atoms with Gasteiger partial charge in [-0.3, -0.25) is 0 Å². The quantitative estimate of drug-likeness (QED) is 0.879. The molecule has 1 aromatic heterocycles. The van der Waals surface area contributed by atoms with E-state index in [4.69, 9.17) is 0 Å². The normalized spacial score (nSPS) is 22.1. The van der Waals surface area contributed by atoms with Crippen LogP contribution in [-0.4, -0.2) is 42.6 Å². The molecule has 0 unspecified atom stereocenters. The number of likely N-dealkylation sites (tertiary alicyclic amines) is 1. The standard InChI is InChI=1S/C16H21N3/c1-2-4-15-14(3-1)13(9-18-15)5-8-19-11-16(12-19)6-7-17-10-16/h1-4,9,17-18H,5-8,10-12H2. The van der Waals surface area contributed by atoms with E-state index in [0.29, 0.717) is 5.41 Å². The van der Waals surface area contributed by atoms with Gasteiger partial charge in [-0.15, -0.1) is 0 Å². The molecule has 0 radical (unpaired) electrons. The Morgan fingerprint density at radius 2 is 2.11 bits per heavy atom. The fourth-order valence-corrected chi connectivity index (χ4v) is 3.74. The van der Waals surface area contributed by atoms with E-state index in [1.807, 2.05) is 0 Å². The lowest BCUT2D eigenvalue weighted by molar-refractivity contribution is 0.0182. The molecule has 2 fully saturated rings. The number of para-hydroxylation sites is 1. The van der Waals surface area contributed by atoms with E-state index in [1.54, 1.807) is 0 Å². The number of fused-ring (bicyclic) bond motifs is 1. The van der Waals surface area contributed by atoms with Gasteiger partial charge in [-0.1, -0.05) is 18.2 Å². The Hall–Kier alpha value is -1.32. The van der Waals surface area contributed by atoms with Gasteiger partial charge in [0.15, 0.2) is 0 Å². The molecule has 3 heteroatoms. The third-order valence-electron chi connectivity index (χ3n) is 4.82. The van der Waals surface area contributed by atoms with Crippen LogP contribution in [0.25, 0.3) is 10.9 Å². The smallest absolute Gasteiger partial charge is 0.0456 e. The van der Waals surface area contributed by atoms with Crippen molar-refractivity contribution in [2.75, 3.05) is 32.7 Å². The van der Waals surface area contributed by atoms with Gasteiger partial charge < -0.3 is 15.2 Å². The number of aromatic amines is 1. The van der Waals surface area contributed by atoms with Crippen LogP contribution < -0.4 is 5.32 Å². The maximum Gasteiger partial charge on any atom is 0.0456 e. The van der Waals surface area contributed by atoms with E-state index in [-0.39, 0.29) is 0 Å². The molecule has 1 spiro atoms. The Bertz CT molecular complexity index is 572. The van der Waals surface area contributed by atoms with Gasteiger partial charge in [0, 0.05) is 48.7 Å². The molecular formula is C16H21N3. The predicted molar refractivity (Wildman–Crippen MR) is 78.4 cm³/mol. The molecule has 2 aromatic rings. The maximum atomic E-state index is 3.50. The highest BCUT2D eigenvalue weighted by Crippen LogP contribution is 2.36. The zero-order valence-corrected chi connectivity index (χ0v) is 11.3. The molecule has 0 bridgehead atoms. The number of nitrogens with zero attached hydrogens (tertiary/aromatic N) is 1. The second-order valence-electron chi connectivity index (χ2n) is 6.25. The van der Waals surface area contributed by atoms with Gasteiger partial charge in [-0.2, -0.15) is 0 Å². The number of hydrogen-bond donors (Lipinski definition) is 2. The van der Waals surface area contributed by atoms with Gasteiger partial charge in [0.25, 0.3) is 0 Å². The molecule has 100 valence electrons. The van der Waals surface area contributed by atoms with Gasteiger partial charge in [-0.25, -0.2) is 0 Å². The maximum absolute atomic E-state index is 3.50. The largest absolute Gasteiger partial charge is 0.361 e. The van der Waals surface area contributed by atoms with Crippen LogP contribution in [-0.2, 0) is 6.42 Å². The molecule has 1 aromatic carbocycles. The number of rotatable bonds is 3. The van der Waals surface area contributed by atoms with Crippen molar-refractivity contribution in [2.24, 2.45) is 5.41 Å². The molecule has 3 nitrogen and oxygen atoms in total. The predicted octanol–water partition coefficient (Wildman–Crippen LogP) is 2.01. The Labute approximate surface area is 114 Å². The van der Waals surface area contributed by atoms with E-state index < -0.39 is 0 Å². The monoisotopic (exact) mass is 255 g/mol. The lowest BCUT2D eigenvalue weighted by Crippen LogP contribution is -2.57. The molecule has 3 heterocycles. The van der Waals surface area contributed by atoms with Crippen molar-refractivity contribution in [1.82, 2.24) is 15.2 Å². The van der Waals surface area contributed by atoms with Crippen LogP contribution in [0.15, 0.2) is 30.5 Å². The fourth-order valence-electron chi connectivity index (χ4n) is 3.74. The zero-order chi connectivity index (χ0) is 12.7. The van der Waals surface area contributed by atoms with Gasteiger partial charge in [0.05, 0.1) is 0 Å². The van der Waals surface area contributed by atoms with E-state index in [0.717, 1.165) is 6.42 Å². The van der Waals surface area contributed by atoms with Crippen LogP contribution in [0, 0.1) is 5.41 Å². The van der Waals surface area contributed by atoms with Crippen molar-refractivity contribution in [3.63, 3.8) is 0 Å². The first-order valence-electron chi connectivity index (χ1n) is 7.33. The summed E-state index contributed by atoms with van der Waals surface area (Å²) in [7, 11) is 0. The van der Waals surface area contributed by atoms with Crippen molar-refractivity contribution in [1.29, 1.82) is 0 Å². The number of H-pyrrole nitrogens is 1. The first-order valence-corrected chi connectivity index (χ1v) is 7.33. The third-order valence-corrected chi connectivity index (χ3v) is 4.82. The molecule has 0 aliphatic carbocycles. The van der Waals surface area contributed by atoms with Crippen LogP contribution in [0.2, 0.25) is 0 Å². The van der Waals surface area contributed by atoms with E-state index in [1.165, 1.54) is 55.6 Å². The minimum atomic E-state index is 0.625. The third kappa shape index (κ3) is 1.97. The highest BCUT2D eigenvalue weighted by Gasteiger charge is 2.44. The average molecular weight is 255 g/mol. The molecule has 2 saturated heterocycles. The van der Waals surface area contributed by atoms with Crippen LogP contribution >= 0.6 is 0 Å². The lowest BCUT2D eigenvalue weighted by atomic mass is 9.79. The molecular weight excluding hydrogens is 234 g/mol. The SMILES string of the molecule is c1ccc2c(CCN3CC4(CCNC4)C3)c[nH]c2c1. The molecule has 0 amide bonds. The van der Waals surface area contributed by atoms with Crippen molar-refractivity contribution in [3.8, 4) is 0 Å². The highest BCUT2D eigenvalue weighted by atomic mass is 15.2. The number of benzene rings is 1. The summed E-state index contributed by atoms with van der Waals surface area (Å²) in [5, 5.41) is 4.89. The minimum Gasteiger partial charge on any atom is -0.361 e. The van der Waals surface area contributed by atoms with Crippen molar-refractivity contribution >= 4 is 10.9 Å². The summed E-state index contributed by atoms with van der Waals surface area (Å²) in [6.07, 6.45) is 4.71. The first-order chi connectivity index (χ1) is 9.35. The summed E-state index contributed by atoms with van der Waals surface area (Å²) >= 11 is 0. The van der Waals surface area contributed by atoms with Gasteiger partial charge in [0.2, 0.25) is 0 Å². The molecule has 2 aliphatic heterocycles. The second kappa shape index (κ2) is 4.36. The zero-order valence-electron chi connectivity index (χ0n) is 11.3. The van der Waals surface area contributed by atoms with E-state index in [9.17, 15) is 0 Å². The summed E-state index contributed by atoms with van der Waals surface area (Å²) in [4.78, 5) is 5.97. The average Bonchev–Trinajstić information content (AvgIpc) is 3.02. The summed E-state index contributed by atoms with van der Waals surface area (Å²) < 4.78 is 0. The minimum absolute atomic E-state index is 0.625. The Morgan fingerprint density at radius 1 is 1.21 bits per heavy atom. The van der Waals surface area contributed by atoms with Gasteiger partial charge >= 0.3 is 0 Å². The van der Waals surface area contributed by atoms with Crippen molar-refractivity contribution in [2.45, 2.75) is 12.8 Å². The molecule has 0 atom stereocenters. The van der Waals surface area contributed by atoms with Gasteiger partial charge in [-0.05, 0) is 31.0 Å². The first kappa shape index (κ1) is 11.5. The Kier molecular flexibility index (Phi) is 2.64. The van der Waals surface area contributed by atoms with Crippen molar-refractivity contribution < 1.29 is 0 Å². The number of hydrogen-bond acceptors (Lipinski definition) is 2. The van der Waals surface area contributed by atoms with E-state index in [2.05, 4.69) is 45.7 Å². The van der Waals surface area contributed by atoms with Crippen LogP contribution in [0.1, 0.15) is 12.0 Å². The Morgan fingerprint density at radius 3 is 2.95 bits per heavy atom. The summed E-state index contributed by atoms with van der Waals surface area (Å²) in [6.45, 7) is 6.24. The molecule has 19 heavy (non-hydrogen) atoms. The lowest BCUT2D eigenvalue weighted by Gasteiger charge is -2.48. The summed E-state index contributed by atoms with van der Waals surface area (Å²) in [5.41, 5.74) is 3.35. The Balaban J connectivity index is 1.38. The molecule has 0 saturated carbocycles.